The minimum Gasteiger partial charge on any atom is -0.508 e. The number of carboxylic acid groups (broad SMARTS) is 1. The number of phenolic OH excluding ortho intramolecular Hbond substituents is 1. The molecule has 0 aliphatic carbocycles. The molecule has 0 radical (unpaired) electrons. The summed E-state index contributed by atoms with van der Waals surface area (Å²) in [5, 5.41) is 35.8. The lowest BCUT2D eigenvalue weighted by Crippen LogP contribution is -2.60. The van der Waals surface area contributed by atoms with E-state index in [1.165, 1.54) is 50.6 Å². The maximum Gasteiger partial charge on any atom is 0.325 e. The van der Waals surface area contributed by atoms with Crippen LogP contribution in [0.2, 0.25) is 0 Å². The van der Waals surface area contributed by atoms with Gasteiger partial charge in [0.2, 0.25) is 17.7 Å². The predicted octanol–water partition coefficient (Wildman–Crippen LogP) is -1.83. The highest BCUT2D eigenvalue weighted by Crippen LogP contribution is 2.12. The highest BCUT2D eigenvalue weighted by Gasteiger charge is 2.32. The Balaban J connectivity index is 2.14. The van der Waals surface area contributed by atoms with Gasteiger partial charge in [-0.2, -0.15) is 0 Å². The topological polar surface area (TPSA) is 220 Å². The standard InChI is InChI=1S/C22H30N6O7/c1-11(22(34)35)26-20(32)17(7-13-3-5-15(30)6-4-13)27-21(33)18(12(2)29)28-19(31)16(23)8-14-9-24-10-25-14/h3-6,9-12,16-18,29-30H,7-8,23H2,1-2H3,(H,24,25)(H,26,32)(H,27,33)(H,28,31)(H,34,35). The van der Waals surface area contributed by atoms with Gasteiger partial charge in [0, 0.05) is 24.7 Å². The first-order valence-corrected chi connectivity index (χ1v) is 10.8. The third-order valence-corrected chi connectivity index (χ3v) is 5.13. The Morgan fingerprint density at radius 2 is 1.66 bits per heavy atom. The van der Waals surface area contributed by atoms with E-state index in [4.69, 9.17) is 10.8 Å². The van der Waals surface area contributed by atoms with Crippen molar-refractivity contribution in [1.29, 1.82) is 0 Å². The second-order valence-electron chi connectivity index (χ2n) is 8.11. The number of aromatic nitrogens is 2. The molecule has 0 aliphatic rings. The Bertz CT molecular complexity index is 1010. The average Bonchev–Trinajstić information content (AvgIpc) is 3.30. The predicted molar refractivity (Wildman–Crippen MR) is 123 cm³/mol. The van der Waals surface area contributed by atoms with Gasteiger partial charge in [0.25, 0.3) is 0 Å². The summed E-state index contributed by atoms with van der Waals surface area (Å²) in [7, 11) is 0. The molecule has 0 spiro atoms. The van der Waals surface area contributed by atoms with Crippen LogP contribution in [0.4, 0.5) is 0 Å². The largest absolute Gasteiger partial charge is 0.508 e. The fourth-order valence-electron chi connectivity index (χ4n) is 3.11. The summed E-state index contributed by atoms with van der Waals surface area (Å²) in [4.78, 5) is 56.0. The van der Waals surface area contributed by atoms with Crippen molar-refractivity contribution in [1.82, 2.24) is 25.9 Å². The van der Waals surface area contributed by atoms with Crippen LogP contribution in [0.1, 0.15) is 25.1 Å². The zero-order chi connectivity index (χ0) is 26.1. The number of aliphatic hydroxyl groups is 1. The van der Waals surface area contributed by atoms with Gasteiger partial charge in [-0.05, 0) is 31.5 Å². The van der Waals surface area contributed by atoms with Gasteiger partial charge in [0.1, 0.15) is 23.9 Å². The van der Waals surface area contributed by atoms with Crippen LogP contribution in [0, 0.1) is 0 Å². The van der Waals surface area contributed by atoms with Gasteiger partial charge in [0.05, 0.1) is 18.5 Å². The monoisotopic (exact) mass is 490 g/mol. The molecule has 5 unspecified atom stereocenters. The SMILES string of the molecule is CC(NC(=O)C(Cc1ccc(O)cc1)NC(=O)C(NC(=O)C(N)Cc1cnc[nH]1)C(C)O)C(=O)O. The molecule has 13 nitrogen and oxygen atoms in total. The lowest BCUT2D eigenvalue weighted by Gasteiger charge is -2.26. The number of hydrogen-bond acceptors (Lipinski definition) is 8. The molecule has 9 N–H and O–H groups in total. The van der Waals surface area contributed by atoms with E-state index in [-0.39, 0.29) is 18.6 Å². The summed E-state index contributed by atoms with van der Waals surface area (Å²) in [5.74, 6) is -3.63. The molecule has 0 saturated heterocycles. The van der Waals surface area contributed by atoms with Crippen LogP contribution in [0.5, 0.6) is 5.75 Å². The van der Waals surface area contributed by atoms with E-state index < -0.39 is 54.0 Å². The minimum atomic E-state index is -1.44. The third-order valence-electron chi connectivity index (χ3n) is 5.13. The molecule has 0 fully saturated rings. The Morgan fingerprint density at radius 1 is 1.00 bits per heavy atom. The first kappa shape index (κ1) is 27.3. The van der Waals surface area contributed by atoms with E-state index in [0.717, 1.165) is 0 Å². The van der Waals surface area contributed by atoms with Gasteiger partial charge in [-0.1, -0.05) is 12.1 Å². The number of carboxylic acids is 1. The number of nitrogens with zero attached hydrogens (tertiary/aromatic N) is 1. The van der Waals surface area contributed by atoms with E-state index in [1.54, 1.807) is 0 Å². The van der Waals surface area contributed by atoms with Gasteiger partial charge in [-0.25, -0.2) is 4.98 Å². The zero-order valence-electron chi connectivity index (χ0n) is 19.3. The molecule has 13 heteroatoms. The van der Waals surface area contributed by atoms with E-state index in [2.05, 4.69) is 25.9 Å². The zero-order valence-corrected chi connectivity index (χ0v) is 19.3. The number of carbonyl (C=O) groups is 4. The first-order valence-electron chi connectivity index (χ1n) is 10.8. The van der Waals surface area contributed by atoms with Crippen molar-refractivity contribution in [3.63, 3.8) is 0 Å². The van der Waals surface area contributed by atoms with Gasteiger partial charge in [-0.3, -0.25) is 19.2 Å². The summed E-state index contributed by atoms with van der Waals surface area (Å²) in [6, 6.07) is 0.896. The number of nitrogens with one attached hydrogen (secondary N) is 4. The van der Waals surface area contributed by atoms with Crippen LogP contribution in [0.3, 0.4) is 0 Å². The quantitative estimate of drug-likeness (QED) is 0.167. The molecule has 1 aromatic carbocycles. The minimum absolute atomic E-state index is 0.00152. The number of aliphatic hydroxyl groups excluding tert-OH is 1. The number of aliphatic carboxylic acids is 1. The Hall–Kier alpha value is -3.97. The molecule has 0 aliphatic heterocycles. The fraction of sp³-hybridized carbons (Fsp3) is 0.409. The number of aromatic hydroxyl groups is 1. The van der Waals surface area contributed by atoms with Crippen molar-refractivity contribution < 1.29 is 34.5 Å². The lowest BCUT2D eigenvalue weighted by molar-refractivity contribution is -0.142. The lowest BCUT2D eigenvalue weighted by atomic mass is 10.0. The van der Waals surface area contributed by atoms with Crippen LogP contribution in [0.15, 0.2) is 36.8 Å². The second-order valence-corrected chi connectivity index (χ2v) is 8.11. The fourth-order valence-corrected chi connectivity index (χ4v) is 3.11. The number of benzene rings is 1. The van der Waals surface area contributed by atoms with Crippen LogP contribution in [-0.4, -0.2) is 79.2 Å². The molecule has 190 valence electrons. The van der Waals surface area contributed by atoms with Crippen molar-refractivity contribution in [2.45, 2.75) is 57.0 Å². The highest BCUT2D eigenvalue weighted by atomic mass is 16.4. The van der Waals surface area contributed by atoms with Crippen molar-refractivity contribution in [3.8, 4) is 5.75 Å². The van der Waals surface area contributed by atoms with E-state index in [9.17, 15) is 29.4 Å². The highest BCUT2D eigenvalue weighted by molar-refractivity contribution is 5.94. The number of phenols is 1. The number of hydrogen-bond donors (Lipinski definition) is 8. The van der Waals surface area contributed by atoms with E-state index in [1.807, 2.05) is 0 Å². The van der Waals surface area contributed by atoms with Crippen molar-refractivity contribution in [3.05, 3.63) is 48.0 Å². The number of carbonyl (C=O) groups excluding carboxylic acids is 3. The van der Waals surface area contributed by atoms with E-state index in [0.29, 0.717) is 11.3 Å². The number of H-pyrrole nitrogens is 1. The number of nitrogens with two attached hydrogens (primary N) is 1. The van der Waals surface area contributed by atoms with Crippen LogP contribution < -0.4 is 21.7 Å². The number of imidazole rings is 1. The summed E-state index contributed by atoms with van der Waals surface area (Å²) >= 11 is 0. The first-order chi connectivity index (χ1) is 16.5. The maximum atomic E-state index is 13.0. The number of aromatic amines is 1. The van der Waals surface area contributed by atoms with Crippen molar-refractivity contribution in [2.75, 3.05) is 0 Å². The smallest absolute Gasteiger partial charge is 0.325 e. The summed E-state index contributed by atoms with van der Waals surface area (Å²) in [6.45, 7) is 2.55. The molecule has 2 aromatic rings. The van der Waals surface area contributed by atoms with Gasteiger partial charge in [-0.15, -0.1) is 0 Å². The Kier molecular flexibility index (Phi) is 9.73. The van der Waals surface area contributed by atoms with Crippen LogP contribution in [0.25, 0.3) is 0 Å². The molecule has 3 amide bonds. The third kappa shape index (κ3) is 8.39. The summed E-state index contributed by atoms with van der Waals surface area (Å²) < 4.78 is 0. The Morgan fingerprint density at radius 3 is 2.20 bits per heavy atom. The van der Waals surface area contributed by atoms with Crippen molar-refractivity contribution >= 4 is 23.7 Å². The summed E-state index contributed by atoms with van der Waals surface area (Å²) in [6.07, 6.45) is 1.64. The molecule has 1 heterocycles. The molecule has 0 bridgehead atoms. The van der Waals surface area contributed by atoms with Crippen molar-refractivity contribution in [2.24, 2.45) is 5.73 Å². The molecular weight excluding hydrogens is 460 g/mol. The number of amides is 3. The molecule has 5 atom stereocenters. The van der Waals surface area contributed by atoms with Gasteiger partial charge >= 0.3 is 5.97 Å². The van der Waals surface area contributed by atoms with Crippen LogP contribution in [-0.2, 0) is 32.0 Å². The van der Waals surface area contributed by atoms with Gasteiger partial charge in [0.15, 0.2) is 0 Å². The normalized spacial score (nSPS) is 15.2. The molecular formula is C22H30N6O7. The number of rotatable bonds is 12. The average molecular weight is 491 g/mol. The molecule has 2 rings (SSSR count). The summed E-state index contributed by atoms with van der Waals surface area (Å²) in [5.41, 5.74) is 7.05. The Labute approximate surface area is 201 Å². The molecule has 35 heavy (non-hydrogen) atoms. The maximum absolute atomic E-state index is 13.0. The molecule has 1 aromatic heterocycles. The molecule has 0 saturated carbocycles. The second kappa shape index (κ2) is 12.5. The van der Waals surface area contributed by atoms with Gasteiger partial charge < -0.3 is 42.0 Å². The van der Waals surface area contributed by atoms with E-state index >= 15 is 0 Å². The van der Waals surface area contributed by atoms with Crippen LogP contribution >= 0.6 is 0 Å².